The molecule has 0 N–H and O–H groups in total. The Morgan fingerprint density at radius 1 is 1.04 bits per heavy atom. The lowest BCUT2D eigenvalue weighted by Gasteiger charge is -2.36. The van der Waals surface area contributed by atoms with Crippen molar-refractivity contribution in [2.75, 3.05) is 18.0 Å². The second-order valence-corrected chi connectivity index (χ2v) is 6.43. The summed E-state index contributed by atoms with van der Waals surface area (Å²) >= 11 is 0. The molecule has 6 heteroatoms. The average molecular weight is 336 g/mol. The van der Waals surface area contributed by atoms with Crippen molar-refractivity contribution in [3.8, 4) is 0 Å². The number of Topliss-reactive ketones (excluding diaryl/α,β-unsaturated/α-hetero) is 1. The summed E-state index contributed by atoms with van der Waals surface area (Å²) in [6.45, 7) is 1.69. The zero-order valence-electron chi connectivity index (χ0n) is 13.5. The smallest absolute Gasteiger partial charge is 0.269 e. The highest BCUT2D eigenvalue weighted by atomic mass is 16.6. The molecule has 0 bridgehead atoms. The highest BCUT2D eigenvalue weighted by Gasteiger charge is 2.29. The highest BCUT2D eigenvalue weighted by molar-refractivity contribution is 6.12. The predicted octanol–water partition coefficient (Wildman–Crippen LogP) is 3.16. The molecule has 25 heavy (non-hydrogen) atoms. The van der Waals surface area contributed by atoms with E-state index in [1.807, 2.05) is 6.07 Å². The summed E-state index contributed by atoms with van der Waals surface area (Å²) in [5.41, 5.74) is 3.47. The van der Waals surface area contributed by atoms with Gasteiger partial charge in [0, 0.05) is 48.3 Å². The Morgan fingerprint density at radius 2 is 1.80 bits per heavy atom. The van der Waals surface area contributed by atoms with Crippen LogP contribution >= 0.6 is 0 Å². The topological polar surface area (TPSA) is 80.5 Å². The lowest BCUT2D eigenvalue weighted by Crippen LogP contribution is -2.36. The summed E-state index contributed by atoms with van der Waals surface area (Å²) < 4.78 is 0. The average Bonchev–Trinajstić information content (AvgIpc) is 2.64. The molecule has 0 spiro atoms. The van der Waals surface area contributed by atoms with Crippen molar-refractivity contribution in [3.63, 3.8) is 0 Å². The molecular formula is C19H16N2O4. The van der Waals surface area contributed by atoms with Gasteiger partial charge in [-0.2, -0.15) is 0 Å². The lowest BCUT2D eigenvalue weighted by atomic mass is 9.87. The molecule has 4 rings (SSSR count). The van der Waals surface area contributed by atoms with Crippen LogP contribution in [0.1, 0.15) is 44.7 Å². The molecule has 0 amide bonds. The summed E-state index contributed by atoms with van der Waals surface area (Å²) in [7, 11) is 0. The Hall–Kier alpha value is -3.02. The van der Waals surface area contributed by atoms with Crippen LogP contribution in [0, 0.1) is 10.1 Å². The number of nitro benzene ring substituents is 1. The second-order valence-electron chi connectivity index (χ2n) is 6.43. The fourth-order valence-electron chi connectivity index (χ4n) is 3.67. The van der Waals surface area contributed by atoms with Gasteiger partial charge in [-0.3, -0.25) is 19.7 Å². The van der Waals surface area contributed by atoms with Gasteiger partial charge in [0.2, 0.25) is 0 Å². The molecule has 2 aromatic rings. The summed E-state index contributed by atoms with van der Waals surface area (Å²) in [6, 6.07) is 9.11. The van der Waals surface area contributed by atoms with Crippen LogP contribution in [0.5, 0.6) is 0 Å². The SMILES string of the molecule is O=C(c1ccc([N+](=O)[O-])cc1)c1cc2c3c(c1)C(=O)CCN3CCC2. The van der Waals surface area contributed by atoms with Crippen LogP contribution in [0.2, 0.25) is 0 Å². The molecule has 6 nitrogen and oxygen atoms in total. The maximum Gasteiger partial charge on any atom is 0.269 e. The molecule has 2 aromatic carbocycles. The molecule has 2 aliphatic rings. The van der Waals surface area contributed by atoms with Crippen LogP contribution in [0.3, 0.4) is 0 Å². The van der Waals surface area contributed by atoms with E-state index < -0.39 is 4.92 Å². The molecule has 2 heterocycles. The van der Waals surface area contributed by atoms with Crippen molar-refractivity contribution in [1.82, 2.24) is 0 Å². The number of benzene rings is 2. The van der Waals surface area contributed by atoms with Crippen molar-refractivity contribution in [3.05, 3.63) is 68.8 Å². The van der Waals surface area contributed by atoms with Gasteiger partial charge >= 0.3 is 0 Å². The van der Waals surface area contributed by atoms with Gasteiger partial charge < -0.3 is 4.90 Å². The molecule has 2 aliphatic heterocycles. The Kier molecular flexibility index (Phi) is 3.60. The van der Waals surface area contributed by atoms with Crippen LogP contribution in [-0.4, -0.2) is 29.6 Å². The first-order valence-electron chi connectivity index (χ1n) is 8.29. The Balaban J connectivity index is 1.76. The number of nitrogens with zero attached hydrogens (tertiary/aromatic N) is 2. The lowest BCUT2D eigenvalue weighted by molar-refractivity contribution is -0.384. The number of rotatable bonds is 3. The molecule has 0 aliphatic carbocycles. The minimum atomic E-state index is -0.496. The van der Waals surface area contributed by atoms with E-state index >= 15 is 0 Å². The number of non-ortho nitro benzene ring substituents is 1. The number of hydrogen-bond acceptors (Lipinski definition) is 5. The van der Waals surface area contributed by atoms with Gasteiger partial charge in [-0.1, -0.05) is 0 Å². The number of aryl methyl sites for hydroxylation is 1. The van der Waals surface area contributed by atoms with Gasteiger partial charge in [-0.15, -0.1) is 0 Å². The van der Waals surface area contributed by atoms with E-state index in [0.29, 0.717) is 23.1 Å². The quantitative estimate of drug-likeness (QED) is 0.488. The van der Waals surface area contributed by atoms with Gasteiger partial charge in [0.1, 0.15) is 0 Å². The van der Waals surface area contributed by atoms with E-state index in [1.165, 1.54) is 24.3 Å². The van der Waals surface area contributed by atoms with Crippen molar-refractivity contribution in [2.24, 2.45) is 0 Å². The van der Waals surface area contributed by atoms with Gasteiger partial charge in [0.25, 0.3) is 5.69 Å². The van der Waals surface area contributed by atoms with Crippen molar-refractivity contribution < 1.29 is 14.5 Å². The largest absolute Gasteiger partial charge is 0.370 e. The van der Waals surface area contributed by atoms with Crippen LogP contribution in [0.25, 0.3) is 0 Å². The standard InChI is InChI=1S/C19H16N2O4/c22-17-7-9-20-8-1-2-13-10-14(11-16(17)18(13)20)19(23)12-3-5-15(6-4-12)21(24)25/h3-6,10-11H,1-2,7-9H2. The number of ketones is 2. The molecule has 0 radical (unpaired) electrons. The molecular weight excluding hydrogens is 320 g/mol. The van der Waals surface area contributed by atoms with Crippen molar-refractivity contribution in [2.45, 2.75) is 19.3 Å². The van der Waals surface area contributed by atoms with Crippen LogP contribution in [0.15, 0.2) is 36.4 Å². The third-order valence-corrected chi connectivity index (χ3v) is 4.89. The Morgan fingerprint density at radius 3 is 2.52 bits per heavy atom. The fourth-order valence-corrected chi connectivity index (χ4v) is 3.67. The first-order chi connectivity index (χ1) is 12.0. The summed E-state index contributed by atoms with van der Waals surface area (Å²) in [5.74, 6) is -0.141. The molecule has 0 aromatic heterocycles. The summed E-state index contributed by atoms with van der Waals surface area (Å²) in [5, 5.41) is 10.7. The minimum Gasteiger partial charge on any atom is -0.370 e. The maximum absolute atomic E-state index is 12.8. The predicted molar refractivity (Wildman–Crippen MR) is 92.5 cm³/mol. The fraction of sp³-hybridized carbons (Fsp3) is 0.263. The first-order valence-corrected chi connectivity index (χ1v) is 8.29. The zero-order valence-corrected chi connectivity index (χ0v) is 13.5. The second kappa shape index (κ2) is 5.81. The molecule has 0 saturated carbocycles. The minimum absolute atomic E-state index is 0.0529. The van der Waals surface area contributed by atoms with Crippen LogP contribution < -0.4 is 4.90 Å². The molecule has 0 saturated heterocycles. The third kappa shape index (κ3) is 2.59. The Labute approximate surface area is 144 Å². The van der Waals surface area contributed by atoms with Gasteiger partial charge in [-0.25, -0.2) is 0 Å². The highest BCUT2D eigenvalue weighted by Crippen LogP contribution is 2.36. The molecule has 0 atom stereocenters. The number of nitro groups is 1. The zero-order chi connectivity index (χ0) is 17.6. The van der Waals surface area contributed by atoms with E-state index in [1.54, 1.807) is 6.07 Å². The third-order valence-electron chi connectivity index (χ3n) is 4.89. The number of hydrogen-bond donors (Lipinski definition) is 0. The van der Waals surface area contributed by atoms with Gasteiger partial charge in [-0.05, 0) is 42.7 Å². The normalized spacial score (nSPS) is 15.7. The first kappa shape index (κ1) is 15.5. The molecule has 0 unspecified atom stereocenters. The van der Waals surface area contributed by atoms with E-state index in [0.717, 1.165) is 37.2 Å². The van der Waals surface area contributed by atoms with Crippen LogP contribution in [-0.2, 0) is 6.42 Å². The molecule has 0 fully saturated rings. The molecule has 126 valence electrons. The number of anilines is 1. The van der Waals surface area contributed by atoms with E-state index in [4.69, 9.17) is 0 Å². The number of carbonyl (C=O) groups is 2. The van der Waals surface area contributed by atoms with Gasteiger partial charge in [0.15, 0.2) is 11.6 Å². The summed E-state index contributed by atoms with van der Waals surface area (Å²) in [4.78, 5) is 37.6. The van der Waals surface area contributed by atoms with E-state index in [9.17, 15) is 19.7 Å². The van der Waals surface area contributed by atoms with E-state index in [-0.39, 0.29) is 17.3 Å². The Bertz CT molecular complexity index is 902. The summed E-state index contributed by atoms with van der Waals surface area (Å²) in [6.07, 6.45) is 2.34. The van der Waals surface area contributed by atoms with E-state index in [2.05, 4.69) is 4.90 Å². The maximum atomic E-state index is 12.8. The van der Waals surface area contributed by atoms with Crippen molar-refractivity contribution in [1.29, 1.82) is 0 Å². The monoisotopic (exact) mass is 336 g/mol. The number of carbonyl (C=O) groups excluding carboxylic acids is 2. The van der Waals surface area contributed by atoms with Crippen LogP contribution in [0.4, 0.5) is 11.4 Å². The van der Waals surface area contributed by atoms with Gasteiger partial charge in [0.05, 0.1) is 10.6 Å². The van der Waals surface area contributed by atoms with Crippen molar-refractivity contribution >= 4 is 22.9 Å².